The van der Waals surface area contributed by atoms with Gasteiger partial charge in [-0.05, 0) is 18.9 Å². The highest BCUT2D eigenvalue weighted by Crippen LogP contribution is 2.24. The highest BCUT2D eigenvalue weighted by Gasteiger charge is 2.31. The molecule has 0 aromatic carbocycles. The first-order valence-corrected chi connectivity index (χ1v) is 8.27. The highest BCUT2D eigenvalue weighted by molar-refractivity contribution is 5.78. The molecule has 6 heteroatoms. The fraction of sp³-hybridized carbons (Fsp3) is 0.688. The minimum Gasteiger partial charge on any atom is -0.340 e. The summed E-state index contributed by atoms with van der Waals surface area (Å²) >= 11 is 0. The normalized spacial score (nSPS) is 21.3. The molecule has 3 rings (SSSR count). The summed E-state index contributed by atoms with van der Waals surface area (Å²) in [4.78, 5) is 28.1. The average molecular weight is 304 g/mol. The topological polar surface area (TPSA) is 58.4 Å². The maximum atomic E-state index is 12.4. The number of rotatable bonds is 5. The minimum absolute atomic E-state index is 0.0753. The molecule has 1 saturated heterocycles. The lowest BCUT2D eigenvalue weighted by atomic mass is 10.1. The number of amides is 2. The van der Waals surface area contributed by atoms with E-state index in [0.717, 1.165) is 31.5 Å². The largest absolute Gasteiger partial charge is 0.340 e. The Bertz CT molecular complexity index is 554. The molecule has 2 aliphatic rings. The van der Waals surface area contributed by atoms with E-state index in [1.807, 2.05) is 20.5 Å². The number of likely N-dealkylation sites (tertiary alicyclic amines) is 1. The molecule has 0 radical (unpaired) electrons. The van der Waals surface area contributed by atoms with E-state index in [2.05, 4.69) is 12.0 Å². The Balaban J connectivity index is 1.71. The second kappa shape index (κ2) is 6.50. The molecule has 6 nitrogen and oxygen atoms in total. The summed E-state index contributed by atoms with van der Waals surface area (Å²) in [7, 11) is 0. The molecule has 120 valence electrons. The van der Waals surface area contributed by atoms with Gasteiger partial charge < -0.3 is 9.80 Å². The minimum atomic E-state index is 0.0753. The SMILES string of the molecule is CCCCC(=O)N1Cc2ccnn2[C@@H](CN2CCCC2=O)C1. The van der Waals surface area contributed by atoms with Gasteiger partial charge in [0.1, 0.15) is 0 Å². The van der Waals surface area contributed by atoms with E-state index in [4.69, 9.17) is 0 Å². The third kappa shape index (κ3) is 3.00. The predicted molar refractivity (Wildman–Crippen MR) is 82.0 cm³/mol. The molecule has 2 amide bonds. The molecule has 0 unspecified atom stereocenters. The Morgan fingerprint density at radius 2 is 2.32 bits per heavy atom. The van der Waals surface area contributed by atoms with Gasteiger partial charge in [0, 0.05) is 38.7 Å². The maximum Gasteiger partial charge on any atom is 0.222 e. The first-order chi connectivity index (χ1) is 10.7. The Hall–Kier alpha value is -1.85. The van der Waals surface area contributed by atoms with Crippen molar-refractivity contribution in [2.24, 2.45) is 0 Å². The summed E-state index contributed by atoms with van der Waals surface area (Å²) in [6.45, 7) is 4.87. The number of hydrogen-bond donors (Lipinski definition) is 0. The van der Waals surface area contributed by atoms with Gasteiger partial charge in [-0.15, -0.1) is 0 Å². The smallest absolute Gasteiger partial charge is 0.222 e. The van der Waals surface area contributed by atoms with Crippen molar-refractivity contribution in [2.45, 2.75) is 51.6 Å². The summed E-state index contributed by atoms with van der Waals surface area (Å²) in [6.07, 6.45) is 5.95. The lowest BCUT2D eigenvalue weighted by molar-refractivity contribution is -0.133. The van der Waals surface area contributed by atoms with E-state index in [1.165, 1.54) is 0 Å². The zero-order chi connectivity index (χ0) is 15.5. The Labute approximate surface area is 131 Å². The van der Waals surface area contributed by atoms with Crippen molar-refractivity contribution in [3.8, 4) is 0 Å². The molecule has 0 spiro atoms. The van der Waals surface area contributed by atoms with Gasteiger partial charge in [-0.25, -0.2) is 0 Å². The number of carbonyl (C=O) groups excluding carboxylic acids is 2. The van der Waals surface area contributed by atoms with Crippen molar-refractivity contribution in [3.63, 3.8) is 0 Å². The number of aromatic nitrogens is 2. The first kappa shape index (κ1) is 15.1. The number of nitrogens with zero attached hydrogens (tertiary/aromatic N) is 4. The molecule has 0 aliphatic carbocycles. The summed E-state index contributed by atoms with van der Waals surface area (Å²) in [5.41, 5.74) is 1.06. The number of hydrogen-bond acceptors (Lipinski definition) is 3. The van der Waals surface area contributed by atoms with Crippen LogP contribution in [0.4, 0.5) is 0 Å². The van der Waals surface area contributed by atoms with E-state index < -0.39 is 0 Å². The average Bonchev–Trinajstić information content (AvgIpc) is 3.14. The van der Waals surface area contributed by atoms with Crippen molar-refractivity contribution in [3.05, 3.63) is 18.0 Å². The molecular weight excluding hydrogens is 280 g/mol. The molecule has 0 N–H and O–H groups in total. The van der Waals surface area contributed by atoms with Crippen molar-refractivity contribution < 1.29 is 9.59 Å². The van der Waals surface area contributed by atoms with Crippen LogP contribution in [0.2, 0.25) is 0 Å². The predicted octanol–water partition coefficient (Wildman–Crippen LogP) is 1.58. The zero-order valence-corrected chi connectivity index (χ0v) is 13.2. The summed E-state index contributed by atoms with van der Waals surface area (Å²) < 4.78 is 2.00. The molecule has 0 bridgehead atoms. The third-order valence-corrected chi connectivity index (χ3v) is 4.58. The van der Waals surface area contributed by atoms with Crippen LogP contribution in [0.15, 0.2) is 12.3 Å². The maximum absolute atomic E-state index is 12.4. The van der Waals surface area contributed by atoms with Crippen LogP contribution in [0.3, 0.4) is 0 Å². The third-order valence-electron chi connectivity index (χ3n) is 4.58. The van der Waals surface area contributed by atoms with E-state index in [9.17, 15) is 9.59 Å². The second-order valence-electron chi connectivity index (χ2n) is 6.24. The van der Waals surface area contributed by atoms with Crippen LogP contribution in [-0.4, -0.2) is 51.0 Å². The van der Waals surface area contributed by atoms with Crippen LogP contribution in [-0.2, 0) is 16.1 Å². The highest BCUT2D eigenvalue weighted by atomic mass is 16.2. The van der Waals surface area contributed by atoms with E-state index in [0.29, 0.717) is 32.5 Å². The van der Waals surface area contributed by atoms with Crippen LogP contribution in [0.5, 0.6) is 0 Å². The van der Waals surface area contributed by atoms with E-state index >= 15 is 0 Å². The molecule has 22 heavy (non-hydrogen) atoms. The van der Waals surface area contributed by atoms with Crippen molar-refractivity contribution >= 4 is 11.8 Å². The van der Waals surface area contributed by atoms with Crippen LogP contribution in [0, 0.1) is 0 Å². The monoisotopic (exact) mass is 304 g/mol. The van der Waals surface area contributed by atoms with Crippen molar-refractivity contribution in [1.29, 1.82) is 0 Å². The first-order valence-electron chi connectivity index (χ1n) is 8.27. The lowest BCUT2D eigenvalue weighted by Gasteiger charge is -2.35. The van der Waals surface area contributed by atoms with Crippen LogP contribution < -0.4 is 0 Å². The molecule has 1 aromatic heterocycles. The molecule has 3 heterocycles. The van der Waals surface area contributed by atoms with Gasteiger partial charge >= 0.3 is 0 Å². The fourth-order valence-corrected chi connectivity index (χ4v) is 3.35. The molecule has 2 aliphatic heterocycles. The van der Waals surface area contributed by atoms with E-state index in [1.54, 1.807) is 6.20 Å². The van der Waals surface area contributed by atoms with Gasteiger partial charge in [0.05, 0.1) is 18.3 Å². The molecular formula is C16H24N4O2. The van der Waals surface area contributed by atoms with Gasteiger partial charge in [-0.2, -0.15) is 5.10 Å². The summed E-state index contributed by atoms with van der Waals surface area (Å²) in [5.74, 6) is 0.440. The molecule has 0 saturated carbocycles. The molecule has 1 fully saturated rings. The van der Waals surface area contributed by atoms with Crippen LogP contribution in [0.1, 0.15) is 50.8 Å². The van der Waals surface area contributed by atoms with Gasteiger partial charge in [0.25, 0.3) is 0 Å². The lowest BCUT2D eigenvalue weighted by Crippen LogP contribution is -2.45. The van der Waals surface area contributed by atoms with Gasteiger partial charge in [0.2, 0.25) is 11.8 Å². The Kier molecular flexibility index (Phi) is 4.45. The Morgan fingerprint density at radius 3 is 3.05 bits per heavy atom. The van der Waals surface area contributed by atoms with E-state index in [-0.39, 0.29) is 17.9 Å². The summed E-state index contributed by atoms with van der Waals surface area (Å²) in [5, 5.41) is 4.40. The van der Waals surface area contributed by atoms with Crippen molar-refractivity contribution in [1.82, 2.24) is 19.6 Å². The number of unbranched alkanes of at least 4 members (excludes halogenated alkanes) is 1. The van der Waals surface area contributed by atoms with Gasteiger partial charge in [0.15, 0.2) is 0 Å². The number of carbonyl (C=O) groups is 2. The quantitative estimate of drug-likeness (QED) is 0.830. The van der Waals surface area contributed by atoms with Gasteiger partial charge in [-0.3, -0.25) is 14.3 Å². The van der Waals surface area contributed by atoms with Crippen LogP contribution >= 0.6 is 0 Å². The fourth-order valence-electron chi connectivity index (χ4n) is 3.35. The standard InChI is InChI=1S/C16H24N4O2/c1-2-3-5-16(22)19-10-13-7-8-17-20(13)14(12-19)11-18-9-4-6-15(18)21/h7-8,14H,2-6,9-12H2,1H3/t14-/m0/s1. The summed E-state index contributed by atoms with van der Waals surface area (Å²) in [6, 6.07) is 2.05. The Morgan fingerprint density at radius 1 is 1.45 bits per heavy atom. The van der Waals surface area contributed by atoms with Gasteiger partial charge in [-0.1, -0.05) is 13.3 Å². The van der Waals surface area contributed by atoms with Crippen molar-refractivity contribution in [2.75, 3.05) is 19.6 Å². The second-order valence-corrected chi connectivity index (χ2v) is 6.24. The molecule has 1 aromatic rings. The molecule has 1 atom stereocenters. The zero-order valence-electron chi connectivity index (χ0n) is 13.2. The number of fused-ring (bicyclic) bond motifs is 1. The van der Waals surface area contributed by atoms with Crippen LogP contribution in [0.25, 0.3) is 0 Å².